The third-order valence-corrected chi connectivity index (χ3v) is 5.53. The number of nitrogens with one attached hydrogen (secondary N) is 1. The zero-order valence-corrected chi connectivity index (χ0v) is 12.2. The fourth-order valence-corrected chi connectivity index (χ4v) is 4.19. The van der Waals surface area contributed by atoms with Gasteiger partial charge in [-0.1, -0.05) is 26.7 Å². The van der Waals surface area contributed by atoms with Gasteiger partial charge in [0.25, 0.3) is 0 Å². The van der Waals surface area contributed by atoms with Crippen LogP contribution >= 0.6 is 0 Å². The Kier molecular flexibility index (Phi) is 3.95. The van der Waals surface area contributed by atoms with Crippen molar-refractivity contribution in [1.82, 2.24) is 10.2 Å². The molecule has 2 aliphatic carbocycles. The van der Waals surface area contributed by atoms with Crippen LogP contribution in [-0.4, -0.2) is 36.1 Å². The van der Waals surface area contributed by atoms with E-state index in [1.54, 1.807) is 0 Å². The summed E-state index contributed by atoms with van der Waals surface area (Å²) < 4.78 is 0. The molecule has 1 heterocycles. The summed E-state index contributed by atoms with van der Waals surface area (Å²) in [7, 11) is 0. The van der Waals surface area contributed by atoms with Crippen molar-refractivity contribution < 1.29 is 0 Å². The molecule has 18 heavy (non-hydrogen) atoms. The maximum absolute atomic E-state index is 3.82. The molecule has 0 aromatic heterocycles. The van der Waals surface area contributed by atoms with Gasteiger partial charge in [-0.2, -0.15) is 0 Å². The number of hydrogen-bond donors (Lipinski definition) is 1. The minimum atomic E-state index is 0.801. The zero-order chi connectivity index (χ0) is 12.5. The summed E-state index contributed by atoms with van der Waals surface area (Å²) in [6, 6.07) is 2.50. The van der Waals surface area contributed by atoms with Gasteiger partial charge in [0.05, 0.1) is 0 Å². The Bertz CT molecular complexity index is 274. The number of hydrogen-bond acceptors (Lipinski definition) is 2. The van der Waals surface area contributed by atoms with Crippen molar-refractivity contribution in [2.24, 2.45) is 11.8 Å². The maximum Gasteiger partial charge on any atom is 0.0224 e. The van der Waals surface area contributed by atoms with E-state index >= 15 is 0 Å². The second-order valence-corrected chi connectivity index (χ2v) is 7.04. The summed E-state index contributed by atoms with van der Waals surface area (Å²) >= 11 is 0. The first-order chi connectivity index (χ1) is 8.78. The maximum atomic E-state index is 3.82. The van der Waals surface area contributed by atoms with E-state index in [2.05, 4.69) is 24.1 Å². The highest BCUT2D eigenvalue weighted by Gasteiger charge is 2.39. The lowest BCUT2D eigenvalue weighted by Gasteiger charge is -2.47. The van der Waals surface area contributed by atoms with Gasteiger partial charge in [0.2, 0.25) is 0 Å². The molecule has 0 bridgehead atoms. The van der Waals surface area contributed by atoms with E-state index in [0.717, 1.165) is 30.0 Å². The zero-order valence-electron chi connectivity index (χ0n) is 12.2. The van der Waals surface area contributed by atoms with Crippen molar-refractivity contribution in [2.75, 3.05) is 13.1 Å². The van der Waals surface area contributed by atoms with Crippen LogP contribution in [0.3, 0.4) is 0 Å². The lowest BCUT2D eigenvalue weighted by molar-refractivity contribution is 0.0451. The summed E-state index contributed by atoms with van der Waals surface area (Å²) in [4.78, 5) is 2.90. The van der Waals surface area contributed by atoms with E-state index < -0.39 is 0 Å². The van der Waals surface area contributed by atoms with Crippen LogP contribution in [0, 0.1) is 11.8 Å². The van der Waals surface area contributed by atoms with Crippen LogP contribution in [-0.2, 0) is 0 Å². The Labute approximate surface area is 113 Å². The molecule has 4 unspecified atom stereocenters. The van der Waals surface area contributed by atoms with Crippen molar-refractivity contribution >= 4 is 0 Å². The van der Waals surface area contributed by atoms with E-state index in [0.29, 0.717) is 0 Å². The normalized spacial score (nSPS) is 43.0. The molecule has 0 amide bonds. The SMILES string of the molecule is CCC1CNC(C2CC2)CN1C1CCCC(C)C1. The smallest absolute Gasteiger partial charge is 0.0224 e. The third kappa shape index (κ3) is 2.75. The highest BCUT2D eigenvalue weighted by Crippen LogP contribution is 2.36. The molecule has 0 aromatic carbocycles. The molecular weight excluding hydrogens is 220 g/mol. The lowest BCUT2D eigenvalue weighted by atomic mass is 9.84. The fourth-order valence-electron chi connectivity index (χ4n) is 4.19. The summed E-state index contributed by atoms with van der Waals surface area (Å²) in [6.07, 6.45) is 10.1. The van der Waals surface area contributed by atoms with Gasteiger partial charge in [-0.3, -0.25) is 4.90 Å². The average molecular weight is 250 g/mol. The Hall–Kier alpha value is -0.0800. The van der Waals surface area contributed by atoms with Crippen LogP contribution in [0.15, 0.2) is 0 Å². The highest BCUT2D eigenvalue weighted by atomic mass is 15.3. The van der Waals surface area contributed by atoms with Gasteiger partial charge < -0.3 is 5.32 Å². The molecule has 0 spiro atoms. The van der Waals surface area contributed by atoms with E-state index in [9.17, 15) is 0 Å². The summed E-state index contributed by atoms with van der Waals surface area (Å²) in [5.41, 5.74) is 0. The molecule has 0 aromatic rings. The molecule has 2 heteroatoms. The summed E-state index contributed by atoms with van der Waals surface area (Å²) in [5.74, 6) is 1.96. The van der Waals surface area contributed by atoms with E-state index in [1.165, 1.54) is 58.0 Å². The average Bonchev–Trinajstić information content (AvgIpc) is 3.22. The predicted molar refractivity (Wildman–Crippen MR) is 76.7 cm³/mol. The van der Waals surface area contributed by atoms with Crippen molar-refractivity contribution in [1.29, 1.82) is 0 Å². The first-order valence-corrected chi connectivity index (χ1v) is 8.27. The molecule has 3 rings (SSSR count). The molecule has 1 aliphatic heterocycles. The summed E-state index contributed by atoms with van der Waals surface area (Å²) in [5, 5.41) is 3.82. The minimum absolute atomic E-state index is 0.801. The molecule has 3 aliphatic rings. The first kappa shape index (κ1) is 12.9. The second kappa shape index (κ2) is 5.50. The van der Waals surface area contributed by atoms with Gasteiger partial charge in [0.15, 0.2) is 0 Å². The summed E-state index contributed by atoms with van der Waals surface area (Å²) in [6.45, 7) is 7.39. The monoisotopic (exact) mass is 250 g/mol. The molecule has 1 saturated heterocycles. The van der Waals surface area contributed by atoms with Crippen LogP contribution in [0.5, 0.6) is 0 Å². The van der Waals surface area contributed by atoms with E-state index in [1.807, 2.05) is 0 Å². The van der Waals surface area contributed by atoms with Crippen LogP contribution in [0.4, 0.5) is 0 Å². The van der Waals surface area contributed by atoms with Crippen LogP contribution in [0.2, 0.25) is 0 Å². The lowest BCUT2D eigenvalue weighted by Crippen LogP contribution is -2.60. The van der Waals surface area contributed by atoms with E-state index in [-0.39, 0.29) is 0 Å². The first-order valence-electron chi connectivity index (χ1n) is 8.27. The minimum Gasteiger partial charge on any atom is -0.311 e. The molecular formula is C16H30N2. The van der Waals surface area contributed by atoms with Crippen LogP contribution < -0.4 is 5.32 Å². The predicted octanol–water partition coefficient (Wildman–Crippen LogP) is 3.03. The molecule has 4 atom stereocenters. The number of piperazine rings is 1. The Balaban J connectivity index is 1.64. The Morgan fingerprint density at radius 2 is 2.00 bits per heavy atom. The highest BCUT2D eigenvalue weighted by molar-refractivity contribution is 4.96. The molecule has 0 radical (unpaired) electrons. The number of nitrogens with zero attached hydrogens (tertiary/aromatic N) is 1. The molecule has 1 N–H and O–H groups in total. The molecule has 2 nitrogen and oxygen atoms in total. The molecule has 2 saturated carbocycles. The second-order valence-electron chi connectivity index (χ2n) is 7.04. The van der Waals surface area contributed by atoms with Crippen molar-refractivity contribution in [3.8, 4) is 0 Å². The van der Waals surface area contributed by atoms with Gasteiger partial charge in [-0.25, -0.2) is 0 Å². The van der Waals surface area contributed by atoms with Crippen molar-refractivity contribution in [2.45, 2.75) is 76.9 Å². The van der Waals surface area contributed by atoms with Gasteiger partial charge in [0.1, 0.15) is 0 Å². The molecule has 104 valence electrons. The van der Waals surface area contributed by atoms with Crippen LogP contribution in [0.1, 0.15) is 58.8 Å². The van der Waals surface area contributed by atoms with Gasteiger partial charge in [-0.05, 0) is 43.9 Å². The molecule has 3 fully saturated rings. The van der Waals surface area contributed by atoms with Gasteiger partial charge in [0, 0.05) is 31.2 Å². The van der Waals surface area contributed by atoms with Crippen LogP contribution in [0.25, 0.3) is 0 Å². The van der Waals surface area contributed by atoms with Gasteiger partial charge >= 0.3 is 0 Å². The van der Waals surface area contributed by atoms with Gasteiger partial charge in [-0.15, -0.1) is 0 Å². The third-order valence-electron chi connectivity index (χ3n) is 5.53. The van der Waals surface area contributed by atoms with Crippen molar-refractivity contribution in [3.05, 3.63) is 0 Å². The van der Waals surface area contributed by atoms with E-state index in [4.69, 9.17) is 0 Å². The van der Waals surface area contributed by atoms with Crippen molar-refractivity contribution in [3.63, 3.8) is 0 Å². The fraction of sp³-hybridized carbons (Fsp3) is 1.00. The standard InChI is InChI=1S/C16H30N2/c1-3-14-10-17-16(13-7-8-13)11-18(14)15-6-4-5-12(2)9-15/h12-17H,3-11H2,1-2H3. The quantitative estimate of drug-likeness (QED) is 0.828. The Morgan fingerprint density at radius 3 is 2.67 bits per heavy atom. The largest absolute Gasteiger partial charge is 0.311 e. The Morgan fingerprint density at radius 1 is 1.17 bits per heavy atom. The number of rotatable bonds is 3. The topological polar surface area (TPSA) is 15.3 Å².